The average molecular weight is 245 g/mol. The molecule has 1 aromatic heterocycles. The normalized spacial score (nSPS) is 12.6. The number of benzene rings is 1. The molecule has 2 heteroatoms. The Bertz CT molecular complexity index is 430. The summed E-state index contributed by atoms with van der Waals surface area (Å²) in [7, 11) is 0. The van der Waals surface area contributed by atoms with E-state index in [0.29, 0.717) is 6.04 Å². The van der Waals surface area contributed by atoms with Crippen molar-refractivity contribution in [3.05, 3.63) is 46.7 Å². The Kier molecular flexibility index (Phi) is 4.35. The predicted molar refractivity (Wildman–Crippen MR) is 76.5 cm³/mol. The molecule has 1 nitrogen and oxygen atoms in total. The van der Waals surface area contributed by atoms with E-state index in [0.717, 1.165) is 6.54 Å². The molecule has 0 bridgehead atoms. The van der Waals surface area contributed by atoms with Crippen molar-refractivity contribution in [1.29, 1.82) is 0 Å². The van der Waals surface area contributed by atoms with E-state index in [1.807, 2.05) is 0 Å². The van der Waals surface area contributed by atoms with Crippen LogP contribution >= 0.6 is 11.3 Å². The van der Waals surface area contributed by atoms with Crippen molar-refractivity contribution in [1.82, 2.24) is 5.32 Å². The number of rotatable bonds is 5. The highest BCUT2D eigenvalue weighted by Gasteiger charge is 2.04. The van der Waals surface area contributed by atoms with Crippen LogP contribution in [-0.2, 0) is 0 Å². The van der Waals surface area contributed by atoms with Gasteiger partial charge in [0.1, 0.15) is 0 Å². The van der Waals surface area contributed by atoms with E-state index in [-0.39, 0.29) is 0 Å². The van der Waals surface area contributed by atoms with Gasteiger partial charge in [-0.3, -0.25) is 0 Å². The Morgan fingerprint density at radius 3 is 2.47 bits per heavy atom. The van der Waals surface area contributed by atoms with Crippen LogP contribution in [0.3, 0.4) is 0 Å². The van der Waals surface area contributed by atoms with Crippen LogP contribution < -0.4 is 5.32 Å². The monoisotopic (exact) mass is 245 g/mol. The molecule has 0 spiro atoms. The highest BCUT2D eigenvalue weighted by Crippen LogP contribution is 2.23. The Hall–Kier alpha value is -1.12. The molecule has 0 amide bonds. The van der Waals surface area contributed by atoms with Crippen molar-refractivity contribution in [3.63, 3.8) is 0 Å². The van der Waals surface area contributed by atoms with Gasteiger partial charge in [0.15, 0.2) is 0 Å². The third-order valence-electron chi connectivity index (χ3n) is 2.97. The Labute approximate surface area is 108 Å². The summed E-state index contributed by atoms with van der Waals surface area (Å²) < 4.78 is 0. The van der Waals surface area contributed by atoms with Crippen molar-refractivity contribution < 1.29 is 0 Å². The molecule has 1 unspecified atom stereocenters. The average Bonchev–Trinajstić information content (AvgIpc) is 2.90. The van der Waals surface area contributed by atoms with Crippen LogP contribution in [0.5, 0.6) is 0 Å². The molecule has 2 rings (SSSR count). The Morgan fingerprint density at radius 1 is 1.12 bits per heavy atom. The third-order valence-corrected chi connectivity index (χ3v) is 3.65. The second-order valence-corrected chi connectivity index (χ2v) is 5.09. The second kappa shape index (κ2) is 5.99. The van der Waals surface area contributed by atoms with Gasteiger partial charge in [-0.15, -0.1) is 0 Å². The van der Waals surface area contributed by atoms with Gasteiger partial charge >= 0.3 is 0 Å². The summed E-state index contributed by atoms with van der Waals surface area (Å²) in [6, 6.07) is 11.5. The van der Waals surface area contributed by atoms with Gasteiger partial charge in [-0.05, 0) is 53.4 Å². The lowest BCUT2D eigenvalue weighted by atomic mass is 10.0. The van der Waals surface area contributed by atoms with E-state index < -0.39 is 0 Å². The molecular weight excluding hydrogens is 226 g/mol. The van der Waals surface area contributed by atoms with Crippen LogP contribution in [0, 0.1) is 0 Å². The van der Waals surface area contributed by atoms with E-state index in [1.165, 1.54) is 23.1 Å². The van der Waals surface area contributed by atoms with Crippen LogP contribution in [0.1, 0.15) is 31.9 Å². The van der Waals surface area contributed by atoms with Gasteiger partial charge in [-0.1, -0.05) is 31.2 Å². The first kappa shape index (κ1) is 12.3. The molecule has 90 valence electrons. The van der Waals surface area contributed by atoms with Crippen LogP contribution in [0.25, 0.3) is 11.1 Å². The molecule has 0 fully saturated rings. The highest BCUT2D eigenvalue weighted by atomic mass is 32.1. The molecule has 1 aromatic carbocycles. The molecule has 0 radical (unpaired) electrons. The number of nitrogens with one attached hydrogen (secondary N) is 1. The summed E-state index contributed by atoms with van der Waals surface area (Å²) in [5.74, 6) is 0. The summed E-state index contributed by atoms with van der Waals surface area (Å²) in [5, 5.41) is 7.81. The molecule has 1 N–H and O–H groups in total. The maximum Gasteiger partial charge on any atom is 0.0291 e. The standard InChI is InChI=1S/C15H19NS/c1-3-9-16-12(2)13-4-6-14(7-5-13)15-8-10-17-11-15/h4-8,10-12,16H,3,9H2,1-2H3. The van der Waals surface area contributed by atoms with Gasteiger partial charge in [0.25, 0.3) is 0 Å². The zero-order valence-corrected chi connectivity index (χ0v) is 11.3. The maximum atomic E-state index is 3.50. The fraction of sp³-hybridized carbons (Fsp3) is 0.333. The van der Waals surface area contributed by atoms with Crippen LogP contribution in [-0.4, -0.2) is 6.54 Å². The van der Waals surface area contributed by atoms with E-state index >= 15 is 0 Å². The molecular formula is C15H19NS. The summed E-state index contributed by atoms with van der Waals surface area (Å²) in [5.41, 5.74) is 3.98. The summed E-state index contributed by atoms with van der Waals surface area (Å²) in [4.78, 5) is 0. The van der Waals surface area contributed by atoms with Gasteiger partial charge in [-0.25, -0.2) is 0 Å². The lowest BCUT2D eigenvalue weighted by molar-refractivity contribution is 0.571. The molecule has 1 atom stereocenters. The van der Waals surface area contributed by atoms with Gasteiger partial charge in [-0.2, -0.15) is 11.3 Å². The topological polar surface area (TPSA) is 12.0 Å². The van der Waals surface area contributed by atoms with E-state index in [4.69, 9.17) is 0 Å². The van der Waals surface area contributed by atoms with Gasteiger partial charge < -0.3 is 5.32 Å². The number of hydrogen-bond donors (Lipinski definition) is 1. The zero-order chi connectivity index (χ0) is 12.1. The van der Waals surface area contributed by atoms with Crippen molar-refractivity contribution in [2.75, 3.05) is 6.54 Å². The zero-order valence-electron chi connectivity index (χ0n) is 10.4. The largest absolute Gasteiger partial charge is 0.310 e. The van der Waals surface area contributed by atoms with Gasteiger partial charge in [0.05, 0.1) is 0 Å². The smallest absolute Gasteiger partial charge is 0.0291 e. The van der Waals surface area contributed by atoms with Gasteiger partial charge in [0, 0.05) is 6.04 Å². The van der Waals surface area contributed by atoms with Crippen LogP contribution in [0.15, 0.2) is 41.1 Å². The molecule has 0 aliphatic carbocycles. The molecule has 2 aromatic rings. The molecule has 0 saturated heterocycles. The first-order valence-corrected chi connectivity index (χ1v) is 7.11. The predicted octanol–water partition coefficient (Wildman–Crippen LogP) is 4.48. The van der Waals surface area contributed by atoms with Crippen LogP contribution in [0.4, 0.5) is 0 Å². The van der Waals surface area contributed by atoms with Crippen molar-refractivity contribution in [3.8, 4) is 11.1 Å². The molecule has 0 saturated carbocycles. The Morgan fingerprint density at radius 2 is 1.88 bits per heavy atom. The number of hydrogen-bond acceptors (Lipinski definition) is 2. The summed E-state index contributed by atoms with van der Waals surface area (Å²) in [6.45, 7) is 5.49. The lowest BCUT2D eigenvalue weighted by Gasteiger charge is -2.13. The number of thiophene rings is 1. The lowest BCUT2D eigenvalue weighted by Crippen LogP contribution is -2.19. The molecule has 0 aliphatic rings. The van der Waals surface area contributed by atoms with E-state index in [2.05, 4.69) is 60.3 Å². The maximum absolute atomic E-state index is 3.50. The second-order valence-electron chi connectivity index (χ2n) is 4.31. The fourth-order valence-electron chi connectivity index (χ4n) is 1.87. The molecule has 17 heavy (non-hydrogen) atoms. The summed E-state index contributed by atoms with van der Waals surface area (Å²) in [6.07, 6.45) is 1.18. The van der Waals surface area contributed by atoms with Crippen LogP contribution in [0.2, 0.25) is 0 Å². The first-order valence-electron chi connectivity index (χ1n) is 6.17. The summed E-state index contributed by atoms with van der Waals surface area (Å²) >= 11 is 1.74. The Balaban J connectivity index is 2.08. The SMILES string of the molecule is CCCNC(C)c1ccc(-c2ccsc2)cc1. The quantitative estimate of drug-likeness (QED) is 0.819. The van der Waals surface area contributed by atoms with Crippen molar-refractivity contribution in [2.24, 2.45) is 0 Å². The van der Waals surface area contributed by atoms with Crippen molar-refractivity contribution >= 4 is 11.3 Å². The van der Waals surface area contributed by atoms with Crippen molar-refractivity contribution in [2.45, 2.75) is 26.3 Å². The minimum absolute atomic E-state index is 0.437. The van der Waals surface area contributed by atoms with E-state index in [9.17, 15) is 0 Å². The van der Waals surface area contributed by atoms with E-state index in [1.54, 1.807) is 11.3 Å². The fourth-order valence-corrected chi connectivity index (χ4v) is 2.54. The minimum Gasteiger partial charge on any atom is -0.310 e. The minimum atomic E-state index is 0.437. The molecule has 0 aliphatic heterocycles. The van der Waals surface area contributed by atoms with Gasteiger partial charge in [0.2, 0.25) is 0 Å². The first-order chi connectivity index (χ1) is 8.31. The highest BCUT2D eigenvalue weighted by molar-refractivity contribution is 7.08. The molecule has 1 heterocycles. The third kappa shape index (κ3) is 3.18.